The van der Waals surface area contributed by atoms with Crippen LogP contribution in [0.4, 0.5) is 0 Å². The number of carbonyl (C=O) groups excluding carboxylic acids is 1. The molecular weight excluding hydrogens is 252 g/mol. The number of rotatable bonds is 11. The minimum absolute atomic E-state index is 0.00191. The highest BCUT2D eigenvalue weighted by molar-refractivity contribution is 8.09. The van der Waals surface area contributed by atoms with E-state index in [1.54, 1.807) is 11.8 Å². The highest BCUT2D eigenvalue weighted by Gasteiger charge is 2.19. The second-order valence-corrected chi connectivity index (χ2v) is 6.23. The SMILES string of the molecule is CC(C)C(=O)C(CCCCN)NCCSCS. The van der Waals surface area contributed by atoms with Crippen molar-refractivity contribution in [3.05, 3.63) is 0 Å². The first kappa shape index (κ1) is 17.3. The zero-order chi connectivity index (χ0) is 13.1. The number of ketones is 1. The van der Waals surface area contributed by atoms with E-state index in [0.717, 1.165) is 36.6 Å². The summed E-state index contributed by atoms with van der Waals surface area (Å²) in [7, 11) is 0. The van der Waals surface area contributed by atoms with Crippen molar-refractivity contribution in [3.63, 3.8) is 0 Å². The normalized spacial score (nSPS) is 13.0. The summed E-state index contributed by atoms with van der Waals surface area (Å²) in [5.41, 5.74) is 5.47. The molecule has 3 nitrogen and oxygen atoms in total. The predicted molar refractivity (Wildman–Crippen MR) is 80.9 cm³/mol. The number of hydrogen-bond acceptors (Lipinski definition) is 5. The Bertz CT molecular complexity index is 201. The molecule has 1 atom stereocenters. The number of nitrogens with two attached hydrogens (primary N) is 1. The van der Waals surface area contributed by atoms with Gasteiger partial charge in [0, 0.05) is 23.3 Å². The van der Waals surface area contributed by atoms with Gasteiger partial charge in [-0.05, 0) is 19.4 Å². The summed E-state index contributed by atoms with van der Waals surface area (Å²) < 4.78 is 0. The molecule has 0 aromatic rings. The molecule has 17 heavy (non-hydrogen) atoms. The van der Waals surface area contributed by atoms with Crippen LogP contribution in [0.5, 0.6) is 0 Å². The largest absolute Gasteiger partial charge is 0.330 e. The Kier molecular flexibility index (Phi) is 11.6. The molecule has 0 fully saturated rings. The first-order valence-electron chi connectivity index (χ1n) is 6.29. The molecule has 0 rings (SSSR count). The molecule has 0 heterocycles. The molecule has 0 saturated heterocycles. The topological polar surface area (TPSA) is 55.1 Å². The van der Waals surface area contributed by atoms with Gasteiger partial charge in [-0.15, -0.1) is 0 Å². The molecule has 0 aromatic carbocycles. The summed E-state index contributed by atoms with van der Waals surface area (Å²) in [6.45, 7) is 5.50. The zero-order valence-corrected chi connectivity index (χ0v) is 12.7. The Morgan fingerprint density at radius 1 is 1.41 bits per heavy atom. The molecule has 0 aliphatic carbocycles. The van der Waals surface area contributed by atoms with E-state index in [9.17, 15) is 4.79 Å². The molecule has 0 aliphatic rings. The molecule has 0 bridgehead atoms. The molecule has 102 valence electrons. The van der Waals surface area contributed by atoms with Crippen molar-refractivity contribution in [1.29, 1.82) is 0 Å². The summed E-state index contributed by atoms with van der Waals surface area (Å²) in [5.74, 6) is 1.42. The van der Waals surface area contributed by atoms with Crippen LogP contribution in [0.25, 0.3) is 0 Å². The fourth-order valence-corrected chi connectivity index (χ4v) is 2.39. The zero-order valence-electron chi connectivity index (χ0n) is 10.9. The van der Waals surface area contributed by atoms with E-state index < -0.39 is 0 Å². The lowest BCUT2D eigenvalue weighted by Gasteiger charge is -2.19. The van der Waals surface area contributed by atoms with Crippen molar-refractivity contribution in [2.75, 3.05) is 23.9 Å². The Morgan fingerprint density at radius 3 is 2.65 bits per heavy atom. The number of thiol groups is 1. The average Bonchev–Trinajstić information content (AvgIpc) is 2.31. The Morgan fingerprint density at radius 2 is 2.12 bits per heavy atom. The molecule has 0 spiro atoms. The van der Waals surface area contributed by atoms with E-state index in [1.165, 1.54) is 0 Å². The van der Waals surface area contributed by atoms with Crippen molar-refractivity contribution in [2.45, 2.75) is 39.2 Å². The van der Waals surface area contributed by atoms with Gasteiger partial charge in [-0.1, -0.05) is 20.3 Å². The maximum Gasteiger partial charge on any atom is 0.152 e. The maximum atomic E-state index is 12.0. The smallest absolute Gasteiger partial charge is 0.152 e. The molecular formula is C12H26N2OS2. The second-order valence-electron chi connectivity index (χ2n) is 4.39. The van der Waals surface area contributed by atoms with Gasteiger partial charge < -0.3 is 11.1 Å². The van der Waals surface area contributed by atoms with Crippen LogP contribution in [0.3, 0.4) is 0 Å². The first-order chi connectivity index (χ1) is 8.13. The molecule has 0 saturated carbocycles. The Hall–Kier alpha value is 0.290. The quantitative estimate of drug-likeness (QED) is 0.307. The van der Waals surface area contributed by atoms with Crippen molar-refractivity contribution >= 4 is 30.2 Å². The van der Waals surface area contributed by atoms with Crippen LogP contribution >= 0.6 is 24.4 Å². The number of carbonyl (C=O) groups is 1. The van der Waals surface area contributed by atoms with Crippen LogP contribution in [0.15, 0.2) is 0 Å². The number of hydrogen-bond donors (Lipinski definition) is 3. The summed E-state index contributed by atoms with van der Waals surface area (Å²) in [5, 5.41) is 4.18. The van der Waals surface area contributed by atoms with Gasteiger partial charge in [0.1, 0.15) is 0 Å². The summed E-state index contributed by atoms with van der Waals surface area (Å²) in [6.07, 6.45) is 2.92. The monoisotopic (exact) mass is 278 g/mol. The van der Waals surface area contributed by atoms with Crippen molar-refractivity contribution in [1.82, 2.24) is 5.32 Å². The summed E-state index contributed by atoms with van der Waals surface area (Å²) in [4.78, 5) is 12.0. The molecule has 0 aromatic heterocycles. The van der Waals surface area contributed by atoms with E-state index in [1.807, 2.05) is 13.8 Å². The van der Waals surface area contributed by atoms with Crippen LogP contribution in [0.2, 0.25) is 0 Å². The second kappa shape index (κ2) is 11.4. The van der Waals surface area contributed by atoms with Crippen LogP contribution in [0, 0.1) is 5.92 Å². The lowest BCUT2D eigenvalue weighted by Crippen LogP contribution is -2.40. The lowest BCUT2D eigenvalue weighted by molar-refractivity contribution is -0.124. The molecule has 0 aliphatic heterocycles. The Labute approximate surface area is 115 Å². The molecule has 1 unspecified atom stereocenters. The predicted octanol–water partition coefficient (Wildman–Crippen LogP) is 1.92. The van der Waals surface area contributed by atoms with E-state index >= 15 is 0 Å². The van der Waals surface area contributed by atoms with E-state index in [2.05, 4.69) is 17.9 Å². The minimum Gasteiger partial charge on any atom is -0.330 e. The van der Waals surface area contributed by atoms with E-state index in [0.29, 0.717) is 12.3 Å². The summed E-state index contributed by atoms with van der Waals surface area (Å²) >= 11 is 5.91. The third kappa shape index (κ3) is 8.94. The summed E-state index contributed by atoms with van der Waals surface area (Å²) in [6, 6.07) is 0.00191. The van der Waals surface area contributed by atoms with Gasteiger partial charge in [-0.2, -0.15) is 24.4 Å². The van der Waals surface area contributed by atoms with Gasteiger partial charge in [-0.3, -0.25) is 4.79 Å². The van der Waals surface area contributed by atoms with Crippen LogP contribution in [0.1, 0.15) is 33.1 Å². The van der Waals surface area contributed by atoms with Crippen molar-refractivity contribution < 1.29 is 4.79 Å². The van der Waals surface area contributed by atoms with Gasteiger partial charge in [-0.25, -0.2) is 0 Å². The fourth-order valence-electron chi connectivity index (χ4n) is 1.61. The average molecular weight is 278 g/mol. The number of Topliss-reactive ketones (excluding diaryl/α,β-unsaturated/α-hetero) is 1. The van der Waals surface area contributed by atoms with E-state index in [-0.39, 0.29) is 12.0 Å². The van der Waals surface area contributed by atoms with Gasteiger partial charge in [0.05, 0.1) is 6.04 Å². The van der Waals surface area contributed by atoms with Crippen LogP contribution < -0.4 is 11.1 Å². The Balaban J connectivity index is 3.97. The van der Waals surface area contributed by atoms with Crippen LogP contribution in [-0.2, 0) is 4.79 Å². The third-order valence-electron chi connectivity index (χ3n) is 2.59. The fraction of sp³-hybridized carbons (Fsp3) is 0.917. The van der Waals surface area contributed by atoms with Crippen molar-refractivity contribution in [3.8, 4) is 0 Å². The maximum absolute atomic E-state index is 12.0. The molecule has 5 heteroatoms. The molecule has 0 radical (unpaired) electrons. The standard InChI is InChI=1S/C12H26N2OS2/c1-10(2)12(15)11(5-3-4-6-13)14-7-8-17-9-16/h10-11,14,16H,3-9,13H2,1-2H3. The van der Waals surface area contributed by atoms with Gasteiger partial charge >= 0.3 is 0 Å². The molecule has 3 N–H and O–H groups in total. The number of unbranched alkanes of at least 4 members (excludes halogenated alkanes) is 1. The lowest BCUT2D eigenvalue weighted by atomic mass is 9.97. The first-order valence-corrected chi connectivity index (χ1v) is 8.08. The van der Waals surface area contributed by atoms with Gasteiger partial charge in [0.25, 0.3) is 0 Å². The third-order valence-corrected chi connectivity index (χ3v) is 3.81. The van der Waals surface area contributed by atoms with Gasteiger partial charge in [0.2, 0.25) is 0 Å². The highest BCUT2D eigenvalue weighted by atomic mass is 32.2. The van der Waals surface area contributed by atoms with Crippen LogP contribution in [-0.4, -0.2) is 35.8 Å². The van der Waals surface area contributed by atoms with Gasteiger partial charge in [0.15, 0.2) is 5.78 Å². The van der Waals surface area contributed by atoms with E-state index in [4.69, 9.17) is 5.73 Å². The number of nitrogens with one attached hydrogen (secondary N) is 1. The minimum atomic E-state index is 0.00191. The molecule has 0 amide bonds. The van der Waals surface area contributed by atoms with Crippen molar-refractivity contribution in [2.24, 2.45) is 11.7 Å². The highest BCUT2D eigenvalue weighted by Crippen LogP contribution is 2.08. The number of thioether (sulfide) groups is 1.